The van der Waals surface area contributed by atoms with E-state index in [-0.39, 0.29) is 12.6 Å². The molecule has 0 aliphatic heterocycles. The van der Waals surface area contributed by atoms with E-state index in [0.717, 1.165) is 5.69 Å². The van der Waals surface area contributed by atoms with Gasteiger partial charge in [0.2, 0.25) is 0 Å². The molecule has 0 N–H and O–H groups in total. The molecule has 0 radical (unpaired) electrons. The number of nitrogens with zero attached hydrogens (tertiary/aromatic N) is 2. The van der Waals surface area contributed by atoms with E-state index in [1.807, 2.05) is 6.20 Å². The Morgan fingerprint density at radius 2 is 2.09 bits per heavy atom. The predicted octanol–water partition coefficient (Wildman–Crippen LogP) is 3.78. The van der Waals surface area contributed by atoms with E-state index < -0.39 is 6.16 Å². The second-order valence-corrected chi connectivity index (χ2v) is 5.28. The van der Waals surface area contributed by atoms with Gasteiger partial charge in [0.05, 0.1) is 18.6 Å². The van der Waals surface area contributed by atoms with Crippen LogP contribution in [0.1, 0.15) is 42.1 Å². The van der Waals surface area contributed by atoms with Crippen molar-refractivity contribution in [3.63, 3.8) is 0 Å². The number of benzene rings is 1. The molecule has 0 amide bonds. The van der Waals surface area contributed by atoms with Gasteiger partial charge in [-0.25, -0.2) is 9.78 Å². The van der Waals surface area contributed by atoms with E-state index in [1.54, 1.807) is 17.8 Å². The summed E-state index contributed by atoms with van der Waals surface area (Å²) in [6.07, 6.45) is 2.89. The first-order chi connectivity index (χ1) is 10.5. The number of hydrogen-bond acceptors (Lipinski definition) is 4. The summed E-state index contributed by atoms with van der Waals surface area (Å²) in [5, 5.41) is 0. The van der Waals surface area contributed by atoms with E-state index in [9.17, 15) is 4.79 Å². The van der Waals surface area contributed by atoms with Crippen molar-refractivity contribution in [2.45, 2.75) is 40.3 Å². The molecule has 0 saturated heterocycles. The number of rotatable bonds is 5. The predicted molar refractivity (Wildman–Crippen MR) is 83.8 cm³/mol. The molecule has 0 aliphatic carbocycles. The summed E-state index contributed by atoms with van der Waals surface area (Å²) in [6, 6.07) is 6.30. The van der Waals surface area contributed by atoms with Gasteiger partial charge >= 0.3 is 6.16 Å². The lowest BCUT2D eigenvalue weighted by Gasteiger charge is -2.14. The van der Waals surface area contributed by atoms with Crippen molar-refractivity contribution in [3.05, 3.63) is 53.1 Å². The Morgan fingerprint density at radius 1 is 1.32 bits per heavy atom. The van der Waals surface area contributed by atoms with Gasteiger partial charge in [-0.1, -0.05) is 25.1 Å². The zero-order valence-electron chi connectivity index (χ0n) is 13.5. The molecule has 0 spiro atoms. The van der Waals surface area contributed by atoms with Crippen LogP contribution in [0.4, 0.5) is 4.79 Å². The number of carbonyl (C=O) groups is 1. The van der Waals surface area contributed by atoms with Gasteiger partial charge < -0.3 is 14.0 Å². The Bertz CT molecular complexity index is 649. The molecule has 0 fully saturated rings. The van der Waals surface area contributed by atoms with E-state index in [2.05, 4.69) is 44.0 Å². The van der Waals surface area contributed by atoms with E-state index in [4.69, 9.17) is 9.47 Å². The number of hydrogen-bond donors (Lipinski definition) is 0. The summed E-state index contributed by atoms with van der Waals surface area (Å²) in [4.78, 5) is 15.6. The first kappa shape index (κ1) is 16.1. The minimum Gasteiger partial charge on any atom is -0.435 e. The summed E-state index contributed by atoms with van der Waals surface area (Å²) in [6.45, 7) is 8.51. The molecule has 5 heteroatoms. The molecule has 22 heavy (non-hydrogen) atoms. The molecule has 0 unspecified atom stereocenters. The van der Waals surface area contributed by atoms with Crippen molar-refractivity contribution in [3.8, 4) is 0 Å². The average molecular weight is 302 g/mol. The smallest absolute Gasteiger partial charge is 0.435 e. The number of aromatic nitrogens is 2. The minimum atomic E-state index is -0.666. The summed E-state index contributed by atoms with van der Waals surface area (Å²) in [5.41, 5.74) is 4.76. The molecule has 0 saturated carbocycles. The van der Waals surface area contributed by atoms with Crippen LogP contribution in [0, 0.1) is 13.8 Å². The first-order valence-corrected chi connectivity index (χ1v) is 7.40. The number of ether oxygens (including phenoxy) is 2. The number of aryl methyl sites for hydroxylation is 1. The van der Waals surface area contributed by atoms with Crippen LogP contribution in [0.3, 0.4) is 0 Å². The van der Waals surface area contributed by atoms with Crippen molar-refractivity contribution in [2.24, 2.45) is 0 Å². The Balaban J connectivity index is 2.07. The van der Waals surface area contributed by atoms with E-state index in [0.29, 0.717) is 6.61 Å². The number of carbonyl (C=O) groups excluding carboxylic acids is 1. The van der Waals surface area contributed by atoms with Crippen LogP contribution in [0.2, 0.25) is 0 Å². The highest BCUT2D eigenvalue weighted by Crippen LogP contribution is 2.27. The van der Waals surface area contributed by atoms with Crippen molar-refractivity contribution in [1.29, 1.82) is 0 Å². The molecule has 1 heterocycles. The monoisotopic (exact) mass is 302 g/mol. The van der Waals surface area contributed by atoms with Gasteiger partial charge in [-0.2, -0.15) is 0 Å². The van der Waals surface area contributed by atoms with Gasteiger partial charge in [-0.05, 0) is 37.5 Å². The molecule has 1 aromatic heterocycles. The van der Waals surface area contributed by atoms with Gasteiger partial charge in [0, 0.05) is 12.1 Å². The van der Waals surface area contributed by atoms with Gasteiger partial charge in [-0.3, -0.25) is 0 Å². The summed E-state index contributed by atoms with van der Waals surface area (Å²) < 4.78 is 11.4. The largest absolute Gasteiger partial charge is 0.510 e. The molecule has 0 bridgehead atoms. The zero-order chi connectivity index (χ0) is 16.1. The fourth-order valence-corrected chi connectivity index (χ4v) is 2.36. The van der Waals surface area contributed by atoms with Crippen molar-refractivity contribution >= 4 is 6.16 Å². The molecule has 1 atom stereocenters. The standard InChI is InChI=1S/C17H22N2O3/c1-5-21-17(20)22-11-19-9-16(18-10-19)14(4)15-8-6-7-12(2)13(15)3/h6-10,14H,5,11H2,1-4H3/t14-/m0/s1. The van der Waals surface area contributed by atoms with Gasteiger partial charge in [0.1, 0.15) is 0 Å². The lowest BCUT2D eigenvalue weighted by atomic mass is 9.92. The third-order valence-corrected chi connectivity index (χ3v) is 3.80. The minimum absolute atomic E-state index is 0.103. The van der Waals surface area contributed by atoms with Gasteiger partial charge in [0.15, 0.2) is 6.73 Å². The molecule has 118 valence electrons. The molecular formula is C17H22N2O3. The van der Waals surface area contributed by atoms with Crippen LogP contribution in [-0.4, -0.2) is 22.3 Å². The Hall–Kier alpha value is -2.30. The lowest BCUT2D eigenvalue weighted by Crippen LogP contribution is -2.10. The zero-order valence-corrected chi connectivity index (χ0v) is 13.5. The highest BCUT2D eigenvalue weighted by atomic mass is 16.7. The van der Waals surface area contributed by atoms with E-state index in [1.165, 1.54) is 16.7 Å². The number of imidazole rings is 1. The lowest BCUT2D eigenvalue weighted by molar-refractivity contribution is 0.0369. The van der Waals surface area contributed by atoms with Crippen LogP contribution in [0.5, 0.6) is 0 Å². The molecule has 0 aliphatic rings. The molecular weight excluding hydrogens is 280 g/mol. The maximum Gasteiger partial charge on any atom is 0.510 e. The van der Waals surface area contributed by atoms with Crippen molar-refractivity contribution in [1.82, 2.24) is 9.55 Å². The second kappa shape index (κ2) is 7.11. The van der Waals surface area contributed by atoms with Crippen molar-refractivity contribution < 1.29 is 14.3 Å². The molecule has 2 rings (SSSR count). The third-order valence-electron chi connectivity index (χ3n) is 3.80. The van der Waals surface area contributed by atoms with Crippen molar-refractivity contribution in [2.75, 3.05) is 6.61 Å². The van der Waals surface area contributed by atoms with Crippen LogP contribution in [0.15, 0.2) is 30.7 Å². The topological polar surface area (TPSA) is 53.4 Å². The molecule has 5 nitrogen and oxygen atoms in total. The maximum absolute atomic E-state index is 11.2. The maximum atomic E-state index is 11.2. The SMILES string of the molecule is CCOC(=O)OCn1cnc([C@@H](C)c2cccc(C)c2C)c1. The van der Waals surface area contributed by atoms with Crippen LogP contribution >= 0.6 is 0 Å². The molecule has 1 aromatic carbocycles. The first-order valence-electron chi connectivity index (χ1n) is 7.40. The summed E-state index contributed by atoms with van der Waals surface area (Å²) in [5.74, 6) is 0.184. The fraction of sp³-hybridized carbons (Fsp3) is 0.412. The van der Waals surface area contributed by atoms with E-state index >= 15 is 0 Å². The fourth-order valence-electron chi connectivity index (χ4n) is 2.36. The average Bonchev–Trinajstić information content (AvgIpc) is 2.96. The summed E-state index contributed by atoms with van der Waals surface area (Å²) in [7, 11) is 0. The Kier molecular flexibility index (Phi) is 5.20. The molecule has 2 aromatic rings. The Labute approximate surface area is 130 Å². The van der Waals surface area contributed by atoms with Gasteiger partial charge in [-0.15, -0.1) is 0 Å². The highest BCUT2D eigenvalue weighted by Gasteiger charge is 2.14. The second-order valence-electron chi connectivity index (χ2n) is 5.28. The third kappa shape index (κ3) is 3.67. The highest BCUT2D eigenvalue weighted by molar-refractivity contribution is 5.59. The van der Waals surface area contributed by atoms with Crippen LogP contribution < -0.4 is 0 Å². The van der Waals surface area contributed by atoms with Crippen LogP contribution in [-0.2, 0) is 16.2 Å². The summed E-state index contributed by atoms with van der Waals surface area (Å²) >= 11 is 0. The van der Waals surface area contributed by atoms with Gasteiger partial charge in [0.25, 0.3) is 0 Å². The Morgan fingerprint density at radius 3 is 2.82 bits per heavy atom. The quantitative estimate of drug-likeness (QED) is 0.789. The van der Waals surface area contributed by atoms with Crippen LogP contribution in [0.25, 0.3) is 0 Å². The normalized spacial score (nSPS) is 12.0.